The lowest BCUT2D eigenvalue weighted by molar-refractivity contribution is -0.137. The van der Waals surface area contributed by atoms with E-state index in [0.29, 0.717) is 6.42 Å². The fourth-order valence-corrected chi connectivity index (χ4v) is 1.31. The van der Waals surface area contributed by atoms with Crippen LogP contribution in [0.25, 0.3) is 0 Å². The number of esters is 3. The van der Waals surface area contributed by atoms with E-state index < -0.39 is 17.9 Å². The highest BCUT2D eigenvalue weighted by Crippen LogP contribution is 2.08. The van der Waals surface area contributed by atoms with Gasteiger partial charge in [-0.3, -0.25) is 4.79 Å². The fraction of sp³-hybridized carbons (Fsp3) is 0.308. The van der Waals surface area contributed by atoms with Crippen LogP contribution in [0.2, 0.25) is 0 Å². The number of carbonyl (C=O) groups excluding carboxylic acids is 3. The average Bonchev–Trinajstić information content (AvgIpc) is 2.38. The maximum Gasteiger partial charge on any atom is 0.345 e. The van der Waals surface area contributed by atoms with Crippen molar-refractivity contribution in [1.82, 2.24) is 0 Å². The highest BCUT2D eigenvalue weighted by molar-refractivity contribution is 5.99. The summed E-state index contributed by atoms with van der Waals surface area (Å²) in [4.78, 5) is 34.0. The summed E-state index contributed by atoms with van der Waals surface area (Å²) in [5.41, 5.74) is 0.372. The molecule has 0 saturated heterocycles. The largest absolute Gasteiger partial charge is 0.465 e. The van der Waals surface area contributed by atoms with Gasteiger partial charge in [0.25, 0.3) is 0 Å². The van der Waals surface area contributed by atoms with E-state index in [0.717, 1.165) is 0 Å². The normalized spacial score (nSPS) is 9.67. The number of benzene rings is 1. The van der Waals surface area contributed by atoms with E-state index >= 15 is 0 Å². The molecule has 0 unspecified atom stereocenters. The van der Waals surface area contributed by atoms with E-state index in [1.807, 2.05) is 6.92 Å². The summed E-state index contributed by atoms with van der Waals surface area (Å²) >= 11 is 0. The van der Waals surface area contributed by atoms with E-state index in [9.17, 15) is 14.4 Å². The van der Waals surface area contributed by atoms with Gasteiger partial charge in [-0.1, -0.05) is 13.0 Å². The Labute approximate surface area is 105 Å². The molecular formula is C13H14O5. The highest BCUT2D eigenvalue weighted by Gasteiger charge is 2.14. The van der Waals surface area contributed by atoms with E-state index in [1.165, 1.54) is 31.4 Å². The highest BCUT2D eigenvalue weighted by atomic mass is 16.6. The van der Waals surface area contributed by atoms with E-state index in [4.69, 9.17) is 0 Å². The first-order chi connectivity index (χ1) is 8.58. The van der Waals surface area contributed by atoms with Gasteiger partial charge in [-0.05, 0) is 24.6 Å². The van der Waals surface area contributed by atoms with Crippen LogP contribution in [0, 0.1) is 0 Å². The number of methoxy groups -OCH3 is 1. The summed E-state index contributed by atoms with van der Waals surface area (Å²) in [6.45, 7) is 1.81. The summed E-state index contributed by atoms with van der Waals surface area (Å²) in [7, 11) is 1.25. The first-order valence-electron chi connectivity index (χ1n) is 5.52. The summed E-state index contributed by atoms with van der Waals surface area (Å²) in [5.74, 6) is -1.89. The van der Waals surface area contributed by atoms with Crippen LogP contribution in [0.5, 0.6) is 0 Å². The maximum atomic E-state index is 11.6. The lowest BCUT2D eigenvalue weighted by atomic mass is 10.1. The van der Waals surface area contributed by atoms with Crippen molar-refractivity contribution in [3.05, 3.63) is 35.4 Å². The SMILES string of the molecule is CCCC(=O)OC(=O)c1cccc(C(=O)OC)c1. The number of hydrogen-bond donors (Lipinski definition) is 0. The zero-order chi connectivity index (χ0) is 13.5. The van der Waals surface area contributed by atoms with E-state index in [2.05, 4.69) is 9.47 Å². The van der Waals surface area contributed by atoms with Crippen LogP contribution in [-0.4, -0.2) is 25.0 Å². The molecule has 18 heavy (non-hydrogen) atoms. The van der Waals surface area contributed by atoms with E-state index in [1.54, 1.807) is 0 Å². The van der Waals surface area contributed by atoms with Crippen LogP contribution < -0.4 is 0 Å². The lowest BCUT2D eigenvalue weighted by Crippen LogP contribution is -2.13. The molecule has 0 N–H and O–H groups in total. The van der Waals surface area contributed by atoms with Gasteiger partial charge in [0.2, 0.25) is 0 Å². The minimum atomic E-state index is -0.765. The van der Waals surface area contributed by atoms with Gasteiger partial charge < -0.3 is 9.47 Å². The molecule has 96 valence electrons. The predicted molar refractivity (Wildman–Crippen MR) is 63.1 cm³/mol. The standard InChI is InChI=1S/C13H14O5/c1-3-5-11(14)18-13(16)10-7-4-6-9(8-10)12(15)17-2/h4,6-8H,3,5H2,1-2H3. The van der Waals surface area contributed by atoms with Gasteiger partial charge in [0, 0.05) is 6.42 Å². The molecule has 0 aliphatic rings. The molecule has 0 atom stereocenters. The second-order valence-electron chi connectivity index (χ2n) is 3.58. The van der Waals surface area contributed by atoms with Crippen LogP contribution in [-0.2, 0) is 14.3 Å². The molecule has 5 nitrogen and oxygen atoms in total. The number of carbonyl (C=O) groups is 3. The van der Waals surface area contributed by atoms with Crippen molar-refractivity contribution in [1.29, 1.82) is 0 Å². The third-order valence-electron chi connectivity index (χ3n) is 2.18. The van der Waals surface area contributed by atoms with Gasteiger partial charge in [-0.25, -0.2) is 9.59 Å². The molecule has 0 fully saturated rings. The molecule has 0 amide bonds. The van der Waals surface area contributed by atoms with Gasteiger partial charge in [-0.2, -0.15) is 0 Å². The van der Waals surface area contributed by atoms with Gasteiger partial charge in [0.1, 0.15) is 0 Å². The van der Waals surface area contributed by atoms with Crippen molar-refractivity contribution in [2.75, 3.05) is 7.11 Å². The third-order valence-corrected chi connectivity index (χ3v) is 2.18. The minimum absolute atomic E-state index is 0.141. The Morgan fingerprint density at radius 2 is 1.72 bits per heavy atom. The van der Waals surface area contributed by atoms with Gasteiger partial charge >= 0.3 is 17.9 Å². The van der Waals surface area contributed by atoms with Crippen molar-refractivity contribution in [3.8, 4) is 0 Å². The zero-order valence-corrected chi connectivity index (χ0v) is 10.3. The molecule has 1 rings (SSSR count). The Bertz CT molecular complexity index is 464. The second kappa shape index (κ2) is 6.54. The Kier molecular flexibility index (Phi) is 5.05. The number of rotatable bonds is 4. The van der Waals surface area contributed by atoms with Crippen molar-refractivity contribution in [3.63, 3.8) is 0 Å². The van der Waals surface area contributed by atoms with Gasteiger partial charge in [0.15, 0.2) is 0 Å². The molecule has 0 heterocycles. The van der Waals surface area contributed by atoms with Gasteiger partial charge in [-0.15, -0.1) is 0 Å². The zero-order valence-electron chi connectivity index (χ0n) is 10.3. The van der Waals surface area contributed by atoms with Crippen LogP contribution in [0.1, 0.15) is 40.5 Å². The summed E-state index contributed by atoms with van der Waals surface area (Å²) < 4.78 is 9.15. The van der Waals surface area contributed by atoms with Crippen molar-refractivity contribution in [2.24, 2.45) is 0 Å². The summed E-state index contributed by atoms with van der Waals surface area (Å²) in [5, 5.41) is 0. The van der Waals surface area contributed by atoms with Crippen LogP contribution in [0.3, 0.4) is 0 Å². The summed E-state index contributed by atoms with van der Waals surface area (Å²) in [6, 6.07) is 5.82. The smallest absolute Gasteiger partial charge is 0.345 e. The third kappa shape index (κ3) is 3.69. The molecular weight excluding hydrogens is 236 g/mol. The van der Waals surface area contributed by atoms with Crippen LogP contribution in [0.15, 0.2) is 24.3 Å². The molecule has 0 radical (unpaired) electrons. The van der Waals surface area contributed by atoms with Crippen molar-refractivity contribution < 1.29 is 23.9 Å². The number of ether oxygens (including phenoxy) is 2. The molecule has 0 bridgehead atoms. The quantitative estimate of drug-likeness (QED) is 0.603. The number of hydrogen-bond acceptors (Lipinski definition) is 5. The lowest BCUT2D eigenvalue weighted by Gasteiger charge is -2.04. The Morgan fingerprint density at radius 1 is 1.11 bits per heavy atom. The molecule has 5 heteroatoms. The molecule has 0 aliphatic heterocycles. The molecule has 0 saturated carbocycles. The minimum Gasteiger partial charge on any atom is -0.465 e. The average molecular weight is 250 g/mol. The second-order valence-corrected chi connectivity index (χ2v) is 3.58. The van der Waals surface area contributed by atoms with Crippen LogP contribution >= 0.6 is 0 Å². The molecule has 1 aromatic rings. The first-order valence-corrected chi connectivity index (χ1v) is 5.52. The van der Waals surface area contributed by atoms with E-state index in [-0.39, 0.29) is 17.5 Å². The van der Waals surface area contributed by atoms with Gasteiger partial charge in [0.05, 0.1) is 18.2 Å². The fourth-order valence-electron chi connectivity index (χ4n) is 1.31. The van der Waals surface area contributed by atoms with Crippen molar-refractivity contribution in [2.45, 2.75) is 19.8 Å². The Morgan fingerprint density at radius 3 is 2.28 bits per heavy atom. The maximum absolute atomic E-state index is 11.6. The molecule has 0 spiro atoms. The van der Waals surface area contributed by atoms with Crippen LogP contribution in [0.4, 0.5) is 0 Å². The monoisotopic (exact) mass is 250 g/mol. The first kappa shape index (κ1) is 13.9. The Balaban J connectivity index is 2.80. The Hall–Kier alpha value is -2.17. The topological polar surface area (TPSA) is 69.7 Å². The predicted octanol–water partition coefficient (Wildman–Crippen LogP) is 1.96. The summed E-state index contributed by atoms with van der Waals surface area (Å²) in [6.07, 6.45) is 0.788. The molecule has 0 aliphatic carbocycles. The molecule has 0 aromatic heterocycles. The molecule has 1 aromatic carbocycles. The van der Waals surface area contributed by atoms with Crippen molar-refractivity contribution >= 4 is 17.9 Å².